The third kappa shape index (κ3) is 1.85. The van der Waals surface area contributed by atoms with Crippen LogP contribution in [0.5, 0.6) is 0 Å². The van der Waals surface area contributed by atoms with Gasteiger partial charge < -0.3 is 5.73 Å². The maximum Gasteiger partial charge on any atom is 0.224 e. The number of nitrogens with two attached hydrogens (primary N) is 1. The van der Waals surface area contributed by atoms with Gasteiger partial charge in [-0.3, -0.25) is 4.79 Å². The number of rotatable bonds is 2. The second-order valence-corrected chi connectivity index (χ2v) is 3.50. The first kappa shape index (κ1) is 9.26. The fourth-order valence-electron chi connectivity index (χ4n) is 0.980. The fraction of sp³-hybridized carbons (Fsp3) is 0.222. The van der Waals surface area contributed by atoms with Crippen LogP contribution < -0.4 is 5.73 Å². The molecular formula is C9H10BrNO. The van der Waals surface area contributed by atoms with Crippen LogP contribution in [0.3, 0.4) is 0 Å². The van der Waals surface area contributed by atoms with Crippen molar-refractivity contribution in [1.82, 2.24) is 0 Å². The molecule has 1 rings (SSSR count). The average Bonchev–Trinajstić information content (AvgIpc) is 2.04. The molecular weight excluding hydrogens is 218 g/mol. The molecule has 1 amide bonds. The Hall–Kier alpha value is -0.830. The van der Waals surface area contributed by atoms with Gasteiger partial charge in [0.05, 0.1) is 5.92 Å². The lowest BCUT2D eigenvalue weighted by atomic mass is 10.0. The van der Waals surface area contributed by atoms with Crippen molar-refractivity contribution in [2.45, 2.75) is 12.8 Å². The van der Waals surface area contributed by atoms with Gasteiger partial charge in [-0.15, -0.1) is 0 Å². The molecule has 0 saturated carbocycles. The molecule has 3 heteroatoms. The number of carbonyl (C=O) groups excluding carboxylic acids is 1. The Labute approximate surface area is 79.9 Å². The molecule has 64 valence electrons. The highest BCUT2D eigenvalue weighted by Gasteiger charge is 2.13. The van der Waals surface area contributed by atoms with Crippen LogP contribution in [0.1, 0.15) is 18.4 Å². The van der Waals surface area contributed by atoms with Crippen molar-refractivity contribution in [2.24, 2.45) is 5.73 Å². The molecule has 1 aromatic rings. The Morgan fingerprint density at radius 2 is 2.08 bits per heavy atom. The van der Waals surface area contributed by atoms with E-state index in [-0.39, 0.29) is 11.8 Å². The minimum absolute atomic E-state index is 0.236. The van der Waals surface area contributed by atoms with Crippen LogP contribution in [0.4, 0.5) is 0 Å². The molecule has 0 fully saturated rings. The molecule has 12 heavy (non-hydrogen) atoms. The van der Waals surface area contributed by atoms with E-state index in [9.17, 15) is 4.79 Å². The minimum Gasteiger partial charge on any atom is -0.369 e. The largest absolute Gasteiger partial charge is 0.369 e. The lowest BCUT2D eigenvalue weighted by molar-refractivity contribution is -0.119. The Morgan fingerprint density at radius 1 is 1.50 bits per heavy atom. The van der Waals surface area contributed by atoms with E-state index in [1.165, 1.54) is 0 Å². The molecule has 1 aromatic carbocycles. The molecule has 2 N–H and O–H groups in total. The van der Waals surface area contributed by atoms with Crippen molar-refractivity contribution >= 4 is 21.8 Å². The molecule has 0 radical (unpaired) electrons. The lowest BCUT2D eigenvalue weighted by Gasteiger charge is -2.08. The standard InChI is InChI=1S/C9H10BrNO/c1-6(9(11)12)7-4-2-3-5-8(7)10/h2-6H,1H3,(H2,11,12)/t6-/m1/s1. The van der Waals surface area contributed by atoms with E-state index >= 15 is 0 Å². The summed E-state index contributed by atoms with van der Waals surface area (Å²) >= 11 is 3.36. The summed E-state index contributed by atoms with van der Waals surface area (Å²) in [5.74, 6) is -0.539. The van der Waals surface area contributed by atoms with Crippen LogP contribution in [0.25, 0.3) is 0 Å². The van der Waals surface area contributed by atoms with Crippen molar-refractivity contribution in [2.75, 3.05) is 0 Å². The van der Waals surface area contributed by atoms with Gasteiger partial charge in [0.2, 0.25) is 5.91 Å². The highest BCUT2D eigenvalue weighted by atomic mass is 79.9. The van der Waals surface area contributed by atoms with E-state index in [4.69, 9.17) is 5.73 Å². The van der Waals surface area contributed by atoms with Crippen LogP contribution in [0.15, 0.2) is 28.7 Å². The van der Waals surface area contributed by atoms with Gasteiger partial charge in [-0.2, -0.15) is 0 Å². The molecule has 1 atom stereocenters. The zero-order valence-corrected chi connectivity index (χ0v) is 8.34. The molecule has 0 aliphatic heterocycles. The third-order valence-corrected chi connectivity index (χ3v) is 2.52. The van der Waals surface area contributed by atoms with Crippen LogP contribution in [-0.4, -0.2) is 5.91 Å². The van der Waals surface area contributed by atoms with Crippen molar-refractivity contribution in [3.05, 3.63) is 34.3 Å². The highest BCUT2D eigenvalue weighted by Crippen LogP contribution is 2.23. The summed E-state index contributed by atoms with van der Waals surface area (Å²) in [5, 5.41) is 0. The predicted octanol–water partition coefficient (Wildman–Crippen LogP) is 2.04. The molecule has 0 unspecified atom stereocenters. The SMILES string of the molecule is C[C@@H](C(N)=O)c1ccccc1Br. The number of carbonyl (C=O) groups is 1. The maximum absolute atomic E-state index is 10.9. The van der Waals surface area contributed by atoms with Gasteiger partial charge in [0.15, 0.2) is 0 Å². The Morgan fingerprint density at radius 3 is 2.58 bits per heavy atom. The van der Waals surface area contributed by atoms with Gasteiger partial charge in [-0.1, -0.05) is 34.1 Å². The molecule has 0 spiro atoms. The molecule has 0 saturated heterocycles. The molecule has 0 bridgehead atoms. The lowest BCUT2D eigenvalue weighted by Crippen LogP contribution is -2.18. The number of benzene rings is 1. The van der Waals surface area contributed by atoms with Gasteiger partial charge in [0.25, 0.3) is 0 Å². The van der Waals surface area contributed by atoms with Crippen molar-refractivity contribution in [3.63, 3.8) is 0 Å². The van der Waals surface area contributed by atoms with Crippen molar-refractivity contribution < 1.29 is 4.79 Å². The normalized spacial score (nSPS) is 12.5. The van der Waals surface area contributed by atoms with Gasteiger partial charge in [-0.05, 0) is 18.6 Å². The third-order valence-electron chi connectivity index (χ3n) is 1.80. The monoisotopic (exact) mass is 227 g/mol. The summed E-state index contributed by atoms with van der Waals surface area (Å²) in [5.41, 5.74) is 6.11. The number of hydrogen-bond donors (Lipinski definition) is 1. The van der Waals surface area contributed by atoms with E-state index in [1.807, 2.05) is 24.3 Å². The number of hydrogen-bond acceptors (Lipinski definition) is 1. The number of amides is 1. The predicted molar refractivity (Wildman–Crippen MR) is 51.8 cm³/mol. The number of primary amides is 1. The quantitative estimate of drug-likeness (QED) is 0.826. The van der Waals surface area contributed by atoms with Gasteiger partial charge in [0.1, 0.15) is 0 Å². The molecule has 0 aliphatic rings. The topological polar surface area (TPSA) is 43.1 Å². The maximum atomic E-state index is 10.9. The highest BCUT2D eigenvalue weighted by molar-refractivity contribution is 9.10. The molecule has 0 aromatic heterocycles. The zero-order chi connectivity index (χ0) is 9.14. The van der Waals surface area contributed by atoms with E-state index in [2.05, 4.69) is 15.9 Å². The Bertz CT molecular complexity index is 298. The minimum atomic E-state index is -0.304. The first-order valence-electron chi connectivity index (χ1n) is 3.66. The van der Waals surface area contributed by atoms with E-state index < -0.39 is 0 Å². The van der Waals surface area contributed by atoms with Crippen LogP contribution in [0, 0.1) is 0 Å². The van der Waals surface area contributed by atoms with Crippen molar-refractivity contribution in [3.8, 4) is 0 Å². The summed E-state index contributed by atoms with van der Waals surface area (Å²) < 4.78 is 0.927. The van der Waals surface area contributed by atoms with Gasteiger partial charge in [-0.25, -0.2) is 0 Å². The van der Waals surface area contributed by atoms with Gasteiger partial charge in [0, 0.05) is 4.47 Å². The van der Waals surface area contributed by atoms with E-state index in [0.717, 1.165) is 10.0 Å². The molecule has 0 heterocycles. The van der Waals surface area contributed by atoms with Crippen LogP contribution in [0.2, 0.25) is 0 Å². The van der Waals surface area contributed by atoms with E-state index in [0.29, 0.717) is 0 Å². The summed E-state index contributed by atoms with van der Waals surface area (Å²) in [7, 11) is 0. The van der Waals surface area contributed by atoms with Gasteiger partial charge >= 0.3 is 0 Å². The molecule has 0 aliphatic carbocycles. The van der Waals surface area contributed by atoms with Crippen LogP contribution >= 0.6 is 15.9 Å². The smallest absolute Gasteiger partial charge is 0.224 e. The Kier molecular flexibility index (Phi) is 2.87. The number of halogens is 1. The first-order valence-corrected chi connectivity index (χ1v) is 4.46. The summed E-state index contributed by atoms with van der Waals surface area (Å²) in [6, 6.07) is 7.58. The van der Waals surface area contributed by atoms with Crippen LogP contribution in [-0.2, 0) is 4.79 Å². The molecule has 2 nitrogen and oxygen atoms in total. The fourth-order valence-corrected chi connectivity index (χ4v) is 1.61. The summed E-state index contributed by atoms with van der Waals surface area (Å²) in [6.45, 7) is 1.79. The summed E-state index contributed by atoms with van der Waals surface area (Å²) in [6.07, 6.45) is 0. The average molecular weight is 228 g/mol. The first-order chi connectivity index (χ1) is 5.63. The Balaban J connectivity index is 3.02. The van der Waals surface area contributed by atoms with Crippen molar-refractivity contribution in [1.29, 1.82) is 0 Å². The summed E-state index contributed by atoms with van der Waals surface area (Å²) in [4.78, 5) is 10.9. The second-order valence-electron chi connectivity index (χ2n) is 2.65. The zero-order valence-electron chi connectivity index (χ0n) is 6.75. The van der Waals surface area contributed by atoms with E-state index in [1.54, 1.807) is 6.92 Å². The second kappa shape index (κ2) is 3.72.